The molecule has 33 heavy (non-hydrogen) atoms. The predicted octanol–water partition coefficient (Wildman–Crippen LogP) is 3.83. The molecule has 0 unspecified atom stereocenters. The number of carbonyl (C=O) groups is 1. The first-order valence-corrected chi connectivity index (χ1v) is 11.2. The van der Waals surface area contributed by atoms with Crippen LogP contribution in [0, 0.1) is 5.82 Å². The van der Waals surface area contributed by atoms with Crippen LogP contribution in [-0.2, 0) is 24.4 Å². The van der Waals surface area contributed by atoms with Gasteiger partial charge in [-0.15, -0.1) is 0 Å². The molecule has 172 valence electrons. The van der Waals surface area contributed by atoms with E-state index >= 15 is 0 Å². The topological polar surface area (TPSA) is 52.6 Å². The van der Waals surface area contributed by atoms with Crippen LogP contribution in [0.25, 0.3) is 0 Å². The van der Waals surface area contributed by atoms with E-state index in [1.165, 1.54) is 6.07 Å². The maximum absolute atomic E-state index is 13.5. The molecule has 2 aromatic carbocycles. The van der Waals surface area contributed by atoms with Crippen LogP contribution in [0.1, 0.15) is 35.0 Å². The van der Waals surface area contributed by atoms with Crippen LogP contribution in [-0.4, -0.2) is 53.4 Å². The van der Waals surface area contributed by atoms with Crippen LogP contribution in [0.15, 0.2) is 60.7 Å². The molecule has 1 aliphatic rings. The lowest BCUT2D eigenvalue weighted by Crippen LogP contribution is -2.24. The van der Waals surface area contributed by atoms with Crippen molar-refractivity contribution in [2.24, 2.45) is 0 Å². The lowest BCUT2D eigenvalue weighted by Gasteiger charge is -2.20. The summed E-state index contributed by atoms with van der Waals surface area (Å²) < 4.78 is 13.5. The molecule has 0 saturated carbocycles. The molecule has 0 aliphatic carbocycles. The van der Waals surface area contributed by atoms with E-state index in [0.29, 0.717) is 38.4 Å². The quantitative estimate of drug-likeness (QED) is 0.525. The first kappa shape index (κ1) is 22.9. The molecule has 1 fully saturated rings. The SMILES string of the molecule is CN(Cc1cccc(F)c1)Cc1nc([C@H]2CC(=O)N(Cc3ccccc3)C2)cc(N(C)C)n1. The van der Waals surface area contributed by atoms with Crippen LogP contribution in [0.3, 0.4) is 0 Å². The molecule has 1 amide bonds. The second kappa shape index (κ2) is 10.1. The Morgan fingerprint density at radius 3 is 2.45 bits per heavy atom. The summed E-state index contributed by atoms with van der Waals surface area (Å²) in [6.07, 6.45) is 0.454. The molecule has 2 heterocycles. The standard InChI is InChI=1S/C26H30FN5O/c1-30(2)25-14-23(21-13-26(33)32(17-21)16-19-8-5-4-6-9-19)28-24(29-25)18-31(3)15-20-10-7-11-22(27)12-20/h4-12,14,21H,13,15-18H2,1-3H3/t21-/m0/s1. The van der Waals surface area contributed by atoms with Gasteiger partial charge in [-0.3, -0.25) is 9.69 Å². The Kier molecular flexibility index (Phi) is 6.99. The molecule has 4 rings (SSSR count). The number of halogens is 1. The van der Waals surface area contributed by atoms with Crippen molar-refractivity contribution in [1.29, 1.82) is 0 Å². The molecule has 0 N–H and O–H groups in total. The third kappa shape index (κ3) is 5.93. The summed E-state index contributed by atoms with van der Waals surface area (Å²) in [5, 5.41) is 0. The summed E-state index contributed by atoms with van der Waals surface area (Å²) in [7, 11) is 5.87. The van der Waals surface area contributed by atoms with E-state index in [1.807, 2.05) is 73.4 Å². The van der Waals surface area contributed by atoms with Crippen LogP contribution >= 0.6 is 0 Å². The number of aromatic nitrogens is 2. The number of anilines is 1. The third-order valence-electron chi connectivity index (χ3n) is 5.84. The molecule has 0 radical (unpaired) electrons. The highest BCUT2D eigenvalue weighted by atomic mass is 19.1. The van der Waals surface area contributed by atoms with E-state index in [0.717, 1.165) is 22.6 Å². The number of hydrogen-bond donors (Lipinski definition) is 0. The largest absolute Gasteiger partial charge is 0.363 e. The van der Waals surface area contributed by atoms with Gasteiger partial charge in [-0.05, 0) is 30.3 Å². The minimum absolute atomic E-state index is 0.0372. The van der Waals surface area contributed by atoms with Crippen LogP contribution < -0.4 is 4.90 Å². The number of hydrogen-bond acceptors (Lipinski definition) is 5. The van der Waals surface area contributed by atoms with E-state index in [9.17, 15) is 9.18 Å². The normalized spacial score (nSPS) is 16.0. The van der Waals surface area contributed by atoms with Crippen LogP contribution in [0.2, 0.25) is 0 Å². The van der Waals surface area contributed by atoms with Gasteiger partial charge < -0.3 is 9.80 Å². The van der Waals surface area contributed by atoms with Crippen LogP contribution in [0.4, 0.5) is 10.2 Å². The Morgan fingerprint density at radius 2 is 1.73 bits per heavy atom. The highest BCUT2D eigenvalue weighted by molar-refractivity contribution is 5.79. The fraction of sp³-hybridized carbons (Fsp3) is 0.346. The molecule has 0 spiro atoms. The zero-order valence-electron chi connectivity index (χ0n) is 19.4. The fourth-order valence-corrected chi connectivity index (χ4v) is 4.18. The second-order valence-corrected chi connectivity index (χ2v) is 8.92. The van der Waals surface area contributed by atoms with Crippen molar-refractivity contribution >= 4 is 11.7 Å². The second-order valence-electron chi connectivity index (χ2n) is 8.92. The van der Waals surface area contributed by atoms with Crippen molar-refractivity contribution in [3.63, 3.8) is 0 Å². The molecule has 1 saturated heterocycles. The number of nitrogens with zero attached hydrogens (tertiary/aromatic N) is 5. The first-order chi connectivity index (χ1) is 15.9. The zero-order chi connectivity index (χ0) is 23.4. The van der Waals surface area contributed by atoms with Gasteiger partial charge in [0.1, 0.15) is 17.5 Å². The highest BCUT2D eigenvalue weighted by Crippen LogP contribution is 2.30. The molecule has 3 aromatic rings. The Morgan fingerprint density at radius 1 is 0.970 bits per heavy atom. The van der Waals surface area contributed by atoms with Crippen molar-refractivity contribution in [1.82, 2.24) is 19.8 Å². The maximum atomic E-state index is 13.5. The maximum Gasteiger partial charge on any atom is 0.223 e. The van der Waals surface area contributed by atoms with E-state index in [2.05, 4.69) is 4.90 Å². The third-order valence-corrected chi connectivity index (χ3v) is 5.84. The number of benzene rings is 2. The van der Waals surface area contributed by atoms with Crippen LogP contribution in [0.5, 0.6) is 0 Å². The Bertz CT molecular complexity index is 1100. The Labute approximate surface area is 194 Å². The summed E-state index contributed by atoms with van der Waals surface area (Å²) in [5.41, 5.74) is 2.93. The smallest absolute Gasteiger partial charge is 0.223 e. The molecule has 0 bridgehead atoms. The van der Waals surface area contributed by atoms with Gasteiger partial charge in [-0.1, -0.05) is 42.5 Å². The average molecular weight is 448 g/mol. The number of amides is 1. The summed E-state index contributed by atoms with van der Waals surface area (Å²) in [4.78, 5) is 28.2. The van der Waals surface area contributed by atoms with Gasteiger partial charge in [0.05, 0.1) is 12.2 Å². The summed E-state index contributed by atoms with van der Waals surface area (Å²) in [6, 6.07) is 18.7. The van der Waals surface area contributed by atoms with Crippen molar-refractivity contribution < 1.29 is 9.18 Å². The van der Waals surface area contributed by atoms with Gasteiger partial charge >= 0.3 is 0 Å². The van der Waals surface area contributed by atoms with Crippen molar-refractivity contribution in [2.45, 2.75) is 32.0 Å². The summed E-state index contributed by atoms with van der Waals surface area (Å²) in [6.45, 7) is 2.39. The lowest BCUT2D eigenvalue weighted by atomic mass is 10.0. The Balaban J connectivity index is 1.49. The first-order valence-electron chi connectivity index (χ1n) is 11.2. The van der Waals surface area contributed by atoms with E-state index in [-0.39, 0.29) is 17.6 Å². The van der Waals surface area contributed by atoms with E-state index < -0.39 is 0 Å². The molecular weight excluding hydrogens is 417 g/mol. The fourth-order valence-electron chi connectivity index (χ4n) is 4.18. The minimum Gasteiger partial charge on any atom is -0.363 e. The summed E-state index contributed by atoms with van der Waals surface area (Å²) in [5.74, 6) is 1.47. The van der Waals surface area contributed by atoms with Gasteiger partial charge in [0.2, 0.25) is 5.91 Å². The zero-order valence-corrected chi connectivity index (χ0v) is 19.4. The Hall–Kier alpha value is -3.32. The minimum atomic E-state index is -0.236. The number of rotatable bonds is 8. The predicted molar refractivity (Wildman–Crippen MR) is 127 cm³/mol. The van der Waals surface area contributed by atoms with E-state index in [1.54, 1.807) is 12.1 Å². The van der Waals surface area contributed by atoms with Crippen molar-refractivity contribution in [3.8, 4) is 0 Å². The van der Waals surface area contributed by atoms with E-state index in [4.69, 9.17) is 9.97 Å². The lowest BCUT2D eigenvalue weighted by molar-refractivity contribution is -0.128. The molecule has 1 aliphatic heterocycles. The molecule has 1 aromatic heterocycles. The van der Waals surface area contributed by atoms with Gasteiger partial charge in [-0.25, -0.2) is 14.4 Å². The molecule has 1 atom stereocenters. The van der Waals surface area contributed by atoms with Gasteiger partial charge in [0.15, 0.2) is 0 Å². The van der Waals surface area contributed by atoms with Crippen molar-refractivity contribution in [2.75, 3.05) is 32.6 Å². The van der Waals surface area contributed by atoms with Gasteiger partial charge in [0.25, 0.3) is 0 Å². The van der Waals surface area contributed by atoms with Gasteiger partial charge in [0, 0.05) is 52.1 Å². The number of likely N-dealkylation sites (tertiary alicyclic amines) is 1. The molecule has 7 heteroatoms. The highest BCUT2D eigenvalue weighted by Gasteiger charge is 2.32. The van der Waals surface area contributed by atoms with Crippen molar-refractivity contribution in [3.05, 3.63) is 89.1 Å². The average Bonchev–Trinajstić information content (AvgIpc) is 3.14. The summed E-state index contributed by atoms with van der Waals surface area (Å²) >= 11 is 0. The molecule has 6 nitrogen and oxygen atoms in total. The number of carbonyl (C=O) groups excluding carboxylic acids is 1. The monoisotopic (exact) mass is 447 g/mol. The van der Waals surface area contributed by atoms with Gasteiger partial charge in [-0.2, -0.15) is 0 Å². The molecular formula is C26H30FN5O.